The number of benzene rings is 2. The quantitative estimate of drug-likeness (QED) is 0.859. The third kappa shape index (κ3) is 4.50. The molecule has 1 amide bonds. The van der Waals surface area contributed by atoms with Gasteiger partial charge >= 0.3 is 0 Å². The molecule has 1 heterocycles. The minimum absolute atomic E-state index is 0.117. The molecule has 2 aromatic rings. The number of halogens is 2. The summed E-state index contributed by atoms with van der Waals surface area (Å²) in [5.74, 6) is -0.117. The zero-order chi connectivity index (χ0) is 16.9. The average Bonchev–Trinajstić information content (AvgIpc) is 2.57. The first-order valence-electron chi connectivity index (χ1n) is 8.25. The van der Waals surface area contributed by atoms with E-state index in [1.165, 1.54) is 5.56 Å². The normalized spacial score (nSPS) is 20.6. The van der Waals surface area contributed by atoms with Gasteiger partial charge in [-0.05, 0) is 18.2 Å². The molecule has 1 aliphatic heterocycles. The van der Waals surface area contributed by atoms with Crippen molar-refractivity contribution in [2.24, 2.45) is 0 Å². The Morgan fingerprint density at radius 1 is 1.08 bits per heavy atom. The van der Waals surface area contributed by atoms with Gasteiger partial charge in [-0.1, -0.05) is 53.5 Å². The van der Waals surface area contributed by atoms with Crippen molar-refractivity contribution in [2.75, 3.05) is 13.1 Å². The molecule has 1 fully saturated rings. The lowest BCUT2D eigenvalue weighted by atomic mass is 10.0. The molecular formula is C19H21Cl2N2O+. The lowest BCUT2D eigenvalue weighted by Gasteiger charge is -2.30. The predicted molar refractivity (Wildman–Crippen MR) is 97.8 cm³/mol. The van der Waals surface area contributed by atoms with Gasteiger partial charge < -0.3 is 10.2 Å². The second kappa shape index (κ2) is 8.02. The molecular weight excluding hydrogens is 343 g/mol. The number of piperidine rings is 1. The van der Waals surface area contributed by atoms with Gasteiger partial charge in [0.05, 0.1) is 23.7 Å². The molecule has 5 heteroatoms. The standard InChI is InChI=1S/C19H20Cl2N2O/c20-15-6-7-17(18(21)12-15)19(24)22-16-8-10-23(11-9-16)13-14-4-2-1-3-5-14/h1-7,12,16H,8-11,13H2,(H,22,24)/p+1. The fraction of sp³-hybridized carbons (Fsp3) is 0.316. The SMILES string of the molecule is O=C(NC1CC[NH+](Cc2ccccc2)CC1)c1ccc(Cl)cc1Cl. The summed E-state index contributed by atoms with van der Waals surface area (Å²) in [6, 6.07) is 15.7. The number of hydrogen-bond donors (Lipinski definition) is 2. The van der Waals surface area contributed by atoms with E-state index in [9.17, 15) is 4.79 Å². The fourth-order valence-electron chi connectivity index (χ4n) is 3.17. The van der Waals surface area contributed by atoms with Gasteiger partial charge in [-0.2, -0.15) is 0 Å². The van der Waals surface area contributed by atoms with Gasteiger partial charge in [-0.3, -0.25) is 4.79 Å². The number of quaternary nitrogens is 1. The van der Waals surface area contributed by atoms with Crippen molar-refractivity contribution >= 4 is 29.1 Å². The molecule has 0 saturated carbocycles. The molecule has 0 unspecified atom stereocenters. The van der Waals surface area contributed by atoms with Gasteiger partial charge in [0.1, 0.15) is 6.54 Å². The highest BCUT2D eigenvalue weighted by Crippen LogP contribution is 2.21. The average molecular weight is 364 g/mol. The minimum Gasteiger partial charge on any atom is -0.349 e. The Bertz CT molecular complexity index is 698. The molecule has 0 radical (unpaired) electrons. The monoisotopic (exact) mass is 363 g/mol. The smallest absolute Gasteiger partial charge is 0.253 e. The first-order chi connectivity index (χ1) is 11.6. The van der Waals surface area contributed by atoms with Crippen molar-refractivity contribution in [1.29, 1.82) is 0 Å². The van der Waals surface area contributed by atoms with E-state index in [0.717, 1.165) is 32.5 Å². The van der Waals surface area contributed by atoms with Crippen molar-refractivity contribution in [2.45, 2.75) is 25.4 Å². The molecule has 1 saturated heterocycles. The summed E-state index contributed by atoms with van der Waals surface area (Å²) in [4.78, 5) is 13.9. The summed E-state index contributed by atoms with van der Waals surface area (Å²) in [5.41, 5.74) is 1.85. The van der Waals surface area contributed by atoms with Crippen LogP contribution in [0.2, 0.25) is 10.0 Å². The summed E-state index contributed by atoms with van der Waals surface area (Å²) in [7, 11) is 0. The van der Waals surface area contributed by atoms with Crippen LogP contribution in [0.3, 0.4) is 0 Å². The highest BCUT2D eigenvalue weighted by atomic mass is 35.5. The zero-order valence-electron chi connectivity index (χ0n) is 13.4. The maximum absolute atomic E-state index is 12.4. The van der Waals surface area contributed by atoms with E-state index >= 15 is 0 Å². The predicted octanol–water partition coefficient (Wildman–Crippen LogP) is 2.97. The number of carbonyl (C=O) groups excluding carboxylic acids is 1. The van der Waals surface area contributed by atoms with Crippen LogP contribution in [0.5, 0.6) is 0 Å². The van der Waals surface area contributed by atoms with Crippen LogP contribution < -0.4 is 10.2 Å². The lowest BCUT2D eigenvalue weighted by molar-refractivity contribution is -0.918. The number of hydrogen-bond acceptors (Lipinski definition) is 1. The number of carbonyl (C=O) groups is 1. The van der Waals surface area contributed by atoms with Crippen LogP contribution in [0.1, 0.15) is 28.8 Å². The Morgan fingerprint density at radius 2 is 1.79 bits per heavy atom. The zero-order valence-corrected chi connectivity index (χ0v) is 14.9. The lowest BCUT2D eigenvalue weighted by Crippen LogP contribution is -3.12. The van der Waals surface area contributed by atoms with Crippen molar-refractivity contribution in [3.05, 3.63) is 69.7 Å². The topological polar surface area (TPSA) is 33.5 Å². The Labute approximate surface area is 152 Å². The first-order valence-corrected chi connectivity index (χ1v) is 9.01. The van der Waals surface area contributed by atoms with Crippen LogP contribution in [-0.2, 0) is 6.54 Å². The number of nitrogens with one attached hydrogen (secondary N) is 2. The summed E-state index contributed by atoms with van der Waals surface area (Å²) in [6.45, 7) is 3.17. The molecule has 0 aromatic heterocycles. The molecule has 24 heavy (non-hydrogen) atoms. The van der Waals surface area contributed by atoms with E-state index in [4.69, 9.17) is 23.2 Å². The number of likely N-dealkylation sites (tertiary alicyclic amines) is 1. The molecule has 3 rings (SSSR count). The fourth-order valence-corrected chi connectivity index (χ4v) is 3.66. The van der Waals surface area contributed by atoms with Gasteiger partial charge in [-0.25, -0.2) is 0 Å². The largest absolute Gasteiger partial charge is 0.349 e. The van der Waals surface area contributed by atoms with Gasteiger partial charge in [0, 0.05) is 29.5 Å². The van der Waals surface area contributed by atoms with Crippen LogP contribution >= 0.6 is 23.2 Å². The maximum Gasteiger partial charge on any atom is 0.253 e. The molecule has 0 bridgehead atoms. The molecule has 0 aliphatic carbocycles. The van der Waals surface area contributed by atoms with Crippen molar-refractivity contribution in [3.63, 3.8) is 0 Å². The van der Waals surface area contributed by atoms with Crippen molar-refractivity contribution in [3.8, 4) is 0 Å². The highest BCUT2D eigenvalue weighted by molar-refractivity contribution is 6.36. The van der Waals surface area contributed by atoms with Gasteiger partial charge in [0.2, 0.25) is 0 Å². The first kappa shape index (κ1) is 17.3. The second-order valence-corrected chi connectivity index (χ2v) is 7.13. The van der Waals surface area contributed by atoms with Crippen LogP contribution in [-0.4, -0.2) is 25.0 Å². The van der Waals surface area contributed by atoms with Crippen LogP contribution in [0.15, 0.2) is 48.5 Å². The third-order valence-electron chi connectivity index (χ3n) is 4.50. The number of amides is 1. The molecule has 0 spiro atoms. The van der Waals surface area contributed by atoms with E-state index < -0.39 is 0 Å². The Kier molecular flexibility index (Phi) is 5.77. The van der Waals surface area contributed by atoms with Gasteiger partial charge in [0.25, 0.3) is 5.91 Å². The number of rotatable bonds is 4. The summed E-state index contributed by atoms with van der Waals surface area (Å²) >= 11 is 12.0. The Hall–Kier alpha value is -1.55. The van der Waals surface area contributed by atoms with Crippen molar-refractivity contribution in [1.82, 2.24) is 5.32 Å². The van der Waals surface area contributed by atoms with Crippen LogP contribution in [0.25, 0.3) is 0 Å². The highest BCUT2D eigenvalue weighted by Gasteiger charge is 2.24. The molecule has 126 valence electrons. The van der Waals surface area contributed by atoms with E-state index in [-0.39, 0.29) is 11.9 Å². The van der Waals surface area contributed by atoms with Gasteiger partial charge in [0.15, 0.2) is 0 Å². The van der Waals surface area contributed by atoms with Crippen LogP contribution in [0, 0.1) is 0 Å². The molecule has 3 nitrogen and oxygen atoms in total. The third-order valence-corrected chi connectivity index (χ3v) is 5.05. The summed E-state index contributed by atoms with van der Waals surface area (Å²) in [6.07, 6.45) is 1.97. The van der Waals surface area contributed by atoms with Gasteiger partial charge in [-0.15, -0.1) is 0 Å². The Balaban J connectivity index is 1.51. The molecule has 1 aliphatic rings. The van der Waals surface area contributed by atoms with E-state index in [2.05, 4.69) is 29.6 Å². The molecule has 2 aromatic carbocycles. The maximum atomic E-state index is 12.4. The van der Waals surface area contributed by atoms with E-state index in [1.54, 1.807) is 23.1 Å². The van der Waals surface area contributed by atoms with E-state index in [1.807, 2.05) is 6.07 Å². The molecule has 0 atom stereocenters. The summed E-state index contributed by atoms with van der Waals surface area (Å²) in [5, 5.41) is 4.03. The molecule has 2 N–H and O–H groups in total. The van der Waals surface area contributed by atoms with Crippen molar-refractivity contribution < 1.29 is 9.69 Å². The van der Waals surface area contributed by atoms with Crippen LogP contribution in [0.4, 0.5) is 0 Å². The Morgan fingerprint density at radius 3 is 2.46 bits per heavy atom. The minimum atomic E-state index is -0.117. The summed E-state index contributed by atoms with van der Waals surface area (Å²) < 4.78 is 0. The second-order valence-electron chi connectivity index (χ2n) is 6.28. The van der Waals surface area contributed by atoms with E-state index in [0.29, 0.717) is 15.6 Å².